The van der Waals surface area contributed by atoms with E-state index in [0.717, 1.165) is 6.26 Å². The Kier molecular flexibility index (Phi) is 9.12. The average molecular weight is 690 g/mol. The van der Waals surface area contributed by atoms with Gasteiger partial charge < -0.3 is 30.4 Å². The molecule has 0 radical (unpaired) electrons. The highest BCUT2D eigenvalue weighted by molar-refractivity contribution is 7.92. The Morgan fingerprint density at radius 3 is 2.39 bits per heavy atom. The predicted octanol–water partition coefficient (Wildman–Crippen LogP) is 5.66. The smallest absolute Gasteiger partial charge is 0.255 e. The number of fused-ring (bicyclic) bond motifs is 2. The molecule has 1 amide bonds. The van der Waals surface area contributed by atoms with Gasteiger partial charge in [0, 0.05) is 42.2 Å². The van der Waals surface area contributed by atoms with Gasteiger partial charge in [-0.15, -0.1) is 0 Å². The van der Waals surface area contributed by atoms with Gasteiger partial charge in [0.15, 0.2) is 11.4 Å². The number of hydrogen-bond donors (Lipinski definition) is 3. The molecule has 6 aromatic rings. The van der Waals surface area contributed by atoms with E-state index in [9.17, 15) is 22.0 Å². The largest absolute Gasteiger partial charge is 0.496 e. The summed E-state index contributed by atoms with van der Waals surface area (Å²) in [6.07, 6.45) is 1.41. The van der Waals surface area contributed by atoms with Crippen LogP contribution in [0.2, 0.25) is 0 Å². The fourth-order valence-electron chi connectivity index (χ4n) is 5.73. The number of hydrogen-bond acceptors (Lipinski definition) is 9. The summed E-state index contributed by atoms with van der Waals surface area (Å²) in [4.78, 5) is 17.8. The summed E-state index contributed by atoms with van der Waals surface area (Å²) in [6, 6.07) is 17.4. The maximum Gasteiger partial charge on any atom is 0.255 e. The number of nitrogens with zero attached hydrogens (tertiary/aromatic N) is 2. The fraction of sp³-hybridized carbons (Fsp3) is 0.200. The summed E-state index contributed by atoms with van der Waals surface area (Å²) in [7, 11) is -1.03. The van der Waals surface area contributed by atoms with E-state index in [1.807, 2.05) is 0 Å². The first kappa shape index (κ1) is 33.6. The first-order chi connectivity index (χ1) is 23.4. The van der Waals surface area contributed by atoms with Crippen molar-refractivity contribution < 1.29 is 35.6 Å². The maximum atomic E-state index is 14.6. The normalized spacial score (nSPS) is 12.4. The molecule has 6 rings (SSSR count). The van der Waals surface area contributed by atoms with Gasteiger partial charge in [-0.05, 0) is 73.1 Å². The van der Waals surface area contributed by atoms with E-state index in [-0.39, 0.29) is 52.7 Å². The second-order valence-electron chi connectivity index (χ2n) is 11.4. The Labute approximate surface area is 280 Å². The first-order valence-corrected chi connectivity index (χ1v) is 17.0. The zero-order chi connectivity index (χ0) is 35.0. The molecular weight excluding hydrogens is 656 g/mol. The fourth-order valence-corrected chi connectivity index (χ4v) is 6.70. The highest BCUT2D eigenvalue weighted by Gasteiger charge is 2.29. The molecule has 4 aromatic carbocycles. The molecule has 0 aliphatic heterocycles. The number of nitrogens with one attached hydrogen (secondary N) is 1. The minimum Gasteiger partial charge on any atom is -0.496 e. The lowest BCUT2D eigenvalue weighted by molar-refractivity contribution is 0.0964. The zero-order valence-corrected chi connectivity index (χ0v) is 27.6. The Morgan fingerprint density at radius 1 is 1.00 bits per heavy atom. The maximum absolute atomic E-state index is 14.6. The highest BCUT2D eigenvalue weighted by atomic mass is 32.2. The van der Waals surface area contributed by atoms with Gasteiger partial charge in [0.1, 0.15) is 28.4 Å². The number of carbonyl (C=O) groups is 1. The number of halogens is 2. The van der Waals surface area contributed by atoms with Crippen molar-refractivity contribution in [3.63, 3.8) is 0 Å². The SMILES string of the molecule is CNC(=O)c1c(-c2ccc(F)cc2)oc2cc(N(CC(N)CCN)S(C)(=O)=O)c(-c3ccc(OC)c(-c4nc5c(F)cccc5o4)c3)cc12. The number of carbonyl (C=O) groups excluding carboxylic acids is 1. The molecule has 0 bridgehead atoms. The van der Waals surface area contributed by atoms with Gasteiger partial charge in [0.05, 0.1) is 30.2 Å². The Bertz CT molecular complexity index is 2300. The molecule has 2 heterocycles. The number of rotatable bonds is 11. The number of benzene rings is 4. The van der Waals surface area contributed by atoms with E-state index in [1.54, 1.807) is 30.3 Å². The van der Waals surface area contributed by atoms with Crippen LogP contribution in [0, 0.1) is 11.6 Å². The molecule has 49 heavy (non-hydrogen) atoms. The van der Waals surface area contributed by atoms with E-state index < -0.39 is 33.6 Å². The lowest BCUT2D eigenvalue weighted by atomic mass is 9.96. The van der Waals surface area contributed by atoms with E-state index in [2.05, 4.69) is 10.3 Å². The van der Waals surface area contributed by atoms with Gasteiger partial charge in [-0.3, -0.25) is 9.10 Å². The number of nitrogens with two attached hydrogens (primary N) is 2. The summed E-state index contributed by atoms with van der Waals surface area (Å²) in [5.41, 5.74) is 14.5. The van der Waals surface area contributed by atoms with Crippen LogP contribution in [0.15, 0.2) is 81.6 Å². The Hall–Kier alpha value is -5.31. The van der Waals surface area contributed by atoms with Crippen molar-refractivity contribution in [3.05, 3.63) is 90.0 Å². The molecule has 0 fully saturated rings. The molecule has 0 saturated carbocycles. The summed E-state index contributed by atoms with van der Waals surface area (Å²) in [5, 5.41) is 2.99. The van der Waals surface area contributed by atoms with Crippen molar-refractivity contribution in [3.8, 4) is 39.7 Å². The second kappa shape index (κ2) is 13.3. The minimum absolute atomic E-state index is 0.0335. The van der Waals surface area contributed by atoms with E-state index in [1.165, 1.54) is 60.9 Å². The molecular formula is C35H33F2N5O6S. The Balaban J connectivity index is 1.66. The number of furan rings is 1. The lowest BCUT2D eigenvalue weighted by Gasteiger charge is -2.28. The number of methoxy groups -OCH3 is 1. The molecule has 2 aromatic heterocycles. The van der Waals surface area contributed by atoms with Gasteiger partial charge >= 0.3 is 0 Å². The van der Waals surface area contributed by atoms with Gasteiger partial charge in [0.25, 0.3) is 5.91 Å². The summed E-state index contributed by atoms with van der Waals surface area (Å²) >= 11 is 0. The van der Waals surface area contributed by atoms with Gasteiger partial charge in [-0.25, -0.2) is 22.2 Å². The van der Waals surface area contributed by atoms with Gasteiger partial charge in [0.2, 0.25) is 15.9 Å². The summed E-state index contributed by atoms with van der Waals surface area (Å²) in [6.45, 7) is 0.127. The third-order valence-corrected chi connectivity index (χ3v) is 9.23. The molecule has 5 N–H and O–H groups in total. The number of ether oxygens (including phenoxy) is 1. The summed E-state index contributed by atoms with van der Waals surface area (Å²) < 4.78 is 74.2. The lowest BCUT2D eigenvalue weighted by Crippen LogP contribution is -2.42. The third-order valence-electron chi connectivity index (χ3n) is 8.08. The van der Waals surface area contributed by atoms with Crippen molar-refractivity contribution in [2.75, 3.05) is 37.8 Å². The van der Waals surface area contributed by atoms with Crippen LogP contribution >= 0.6 is 0 Å². The van der Waals surface area contributed by atoms with Crippen molar-refractivity contribution in [2.45, 2.75) is 12.5 Å². The molecule has 254 valence electrons. The van der Waals surface area contributed by atoms with Crippen LogP contribution in [0.25, 0.3) is 56.0 Å². The Morgan fingerprint density at radius 2 is 1.73 bits per heavy atom. The number of para-hydroxylation sites is 1. The van der Waals surface area contributed by atoms with Crippen LogP contribution in [0.4, 0.5) is 14.5 Å². The number of amides is 1. The van der Waals surface area contributed by atoms with Crippen molar-refractivity contribution in [2.24, 2.45) is 11.5 Å². The number of oxazole rings is 1. The minimum atomic E-state index is -3.96. The van der Waals surface area contributed by atoms with Crippen LogP contribution in [0.5, 0.6) is 5.75 Å². The molecule has 1 unspecified atom stereocenters. The van der Waals surface area contributed by atoms with Crippen molar-refractivity contribution >= 4 is 43.7 Å². The predicted molar refractivity (Wildman–Crippen MR) is 184 cm³/mol. The molecule has 0 spiro atoms. The van der Waals surface area contributed by atoms with E-state index in [4.69, 9.17) is 25.0 Å². The van der Waals surface area contributed by atoms with Crippen molar-refractivity contribution in [1.29, 1.82) is 0 Å². The monoisotopic (exact) mass is 689 g/mol. The topological polar surface area (TPSA) is 167 Å². The second-order valence-corrected chi connectivity index (χ2v) is 13.3. The van der Waals surface area contributed by atoms with Crippen molar-refractivity contribution in [1.82, 2.24) is 10.3 Å². The number of sulfonamides is 1. The molecule has 14 heteroatoms. The van der Waals surface area contributed by atoms with E-state index >= 15 is 0 Å². The van der Waals surface area contributed by atoms with Crippen LogP contribution in [0.3, 0.4) is 0 Å². The van der Waals surface area contributed by atoms with Crippen LogP contribution in [-0.4, -0.2) is 58.9 Å². The molecule has 0 aliphatic carbocycles. The standard InChI is InChI=1S/C35H33F2N5O6S/c1-40-34(43)31-24-16-23(20-9-12-28(46-2)25(15-20)35-41-32-26(37)5-4-6-29(32)48-35)27(42(49(3,44)45)18-22(39)13-14-38)17-30(24)47-33(31)19-7-10-21(36)11-8-19/h4-12,15-17,22H,13-14,18,38-39H2,1-3H3,(H,40,43). The number of aromatic nitrogens is 1. The average Bonchev–Trinajstić information content (AvgIpc) is 3.68. The van der Waals surface area contributed by atoms with Gasteiger partial charge in [-0.1, -0.05) is 12.1 Å². The first-order valence-electron chi connectivity index (χ1n) is 15.2. The third kappa shape index (κ3) is 6.45. The number of anilines is 1. The van der Waals surface area contributed by atoms with Crippen LogP contribution in [0.1, 0.15) is 16.8 Å². The molecule has 11 nitrogen and oxygen atoms in total. The van der Waals surface area contributed by atoms with Crippen LogP contribution in [-0.2, 0) is 10.0 Å². The van der Waals surface area contributed by atoms with Crippen LogP contribution < -0.4 is 25.8 Å². The molecule has 0 aliphatic rings. The molecule has 1 atom stereocenters. The summed E-state index contributed by atoms with van der Waals surface area (Å²) in [5.74, 6) is -0.930. The highest BCUT2D eigenvalue weighted by Crippen LogP contribution is 2.44. The zero-order valence-electron chi connectivity index (χ0n) is 26.8. The van der Waals surface area contributed by atoms with E-state index in [0.29, 0.717) is 39.8 Å². The van der Waals surface area contributed by atoms with Gasteiger partial charge in [-0.2, -0.15) is 0 Å². The molecule has 0 saturated heterocycles. The quantitative estimate of drug-likeness (QED) is 0.155.